The second-order valence-corrected chi connectivity index (χ2v) is 14.4. The van der Waals surface area contributed by atoms with Crippen LogP contribution in [0.2, 0.25) is 0 Å². The number of hydrogen-bond donors (Lipinski definition) is 1. The molecular formula is C49H30N4. The fourth-order valence-electron chi connectivity index (χ4n) is 9.47. The fourth-order valence-corrected chi connectivity index (χ4v) is 9.47. The van der Waals surface area contributed by atoms with Gasteiger partial charge in [0.05, 0.1) is 33.9 Å². The van der Waals surface area contributed by atoms with E-state index in [9.17, 15) is 0 Å². The van der Waals surface area contributed by atoms with Gasteiger partial charge in [0.2, 0.25) is 0 Å². The van der Waals surface area contributed by atoms with Crippen molar-refractivity contribution in [2.24, 2.45) is 0 Å². The Kier molecular flexibility index (Phi) is 5.73. The van der Waals surface area contributed by atoms with Crippen molar-refractivity contribution in [1.29, 1.82) is 0 Å². The Morgan fingerprint density at radius 1 is 0.509 bits per heavy atom. The molecule has 5 aromatic carbocycles. The predicted molar refractivity (Wildman–Crippen MR) is 214 cm³/mol. The quantitative estimate of drug-likeness (QED) is 0.185. The van der Waals surface area contributed by atoms with Gasteiger partial charge in [0.1, 0.15) is 0 Å². The first kappa shape index (κ1) is 28.8. The van der Waals surface area contributed by atoms with E-state index in [1.54, 1.807) is 0 Å². The zero-order valence-electron chi connectivity index (χ0n) is 28.6. The van der Waals surface area contributed by atoms with Crippen LogP contribution in [0.4, 0.5) is 0 Å². The van der Waals surface area contributed by atoms with Gasteiger partial charge in [-0.3, -0.25) is 9.97 Å². The minimum atomic E-state index is -0.493. The van der Waals surface area contributed by atoms with Crippen LogP contribution in [0.25, 0.3) is 67.1 Å². The van der Waals surface area contributed by atoms with Gasteiger partial charge in [-0.1, -0.05) is 121 Å². The van der Waals surface area contributed by atoms with Crippen LogP contribution in [0.3, 0.4) is 0 Å². The summed E-state index contributed by atoms with van der Waals surface area (Å²) in [6.45, 7) is 0. The van der Waals surface area contributed by atoms with Crippen LogP contribution in [0.5, 0.6) is 0 Å². The van der Waals surface area contributed by atoms with E-state index in [1.807, 2.05) is 24.5 Å². The molecule has 4 heterocycles. The van der Waals surface area contributed by atoms with Crippen LogP contribution in [0.15, 0.2) is 170 Å². The molecule has 1 N–H and O–H groups in total. The minimum Gasteiger partial charge on any atom is -0.372 e. The summed E-state index contributed by atoms with van der Waals surface area (Å²) in [7, 11) is 0. The Morgan fingerprint density at radius 3 is 1.98 bits per heavy atom. The summed E-state index contributed by atoms with van der Waals surface area (Å²) in [6, 6.07) is 48.8. The molecule has 4 aliphatic rings. The predicted octanol–water partition coefficient (Wildman–Crippen LogP) is 10.8. The molecule has 4 nitrogen and oxygen atoms in total. The van der Waals surface area contributed by atoms with Gasteiger partial charge in [0.25, 0.3) is 0 Å². The molecule has 2 atom stereocenters. The maximum atomic E-state index is 5.28. The molecule has 246 valence electrons. The monoisotopic (exact) mass is 674 g/mol. The van der Waals surface area contributed by atoms with Gasteiger partial charge in [0, 0.05) is 34.4 Å². The lowest BCUT2D eigenvalue weighted by Gasteiger charge is -2.32. The van der Waals surface area contributed by atoms with Crippen LogP contribution >= 0.6 is 0 Å². The zero-order valence-corrected chi connectivity index (χ0v) is 28.6. The average molecular weight is 675 g/mol. The molecule has 0 saturated heterocycles. The molecule has 1 spiro atoms. The molecular weight excluding hydrogens is 645 g/mol. The molecule has 0 saturated carbocycles. The number of dihydropyridines is 1. The molecule has 0 fully saturated rings. The average Bonchev–Trinajstić information content (AvgIpc) is 3.70. The van der Waals surface area contributed by atoms with E-state index in [4.69, 9.17) is 15.0 Å². The number of pyridine rings is 3. The minimum absolute atomic E-state index is 0.00729. The van der Waals surface area contributed by atoms with Crippen molar-refractivity contribution in [1.82, 2.24) is 20.3 Å². The molecule has 3 aromatic heterocycles. The number of benzene rings is 5. The van der Waals surface area contributed by atoms with Crippen molar-refractivity contribution >= 4 is 33.6 Å². The van der Waals surface area contributed by atoms with E-state index in [0.29, 0.717) is 0 Å². The molecule has 0 bridgehead atoms. The Morgan fingerprint density at radius 2 is 1.17 bits per heavy atom. The van der Waals surface area contributed by atoms with Crippen LogP contribution in [0, 0.1) is 0 Å². The smallest absolute Gasteiger partial charge is 0.0972 e. The Hall–Kier alpha value is -6.91. The third-order valence-corrected chi connectivity index (χ3v) is 11.8. The van der Waals surface area contributed by atoms with Gasteiger partial charge in [-0.25, -0.2) is 4.98 Å². The first-order chi connectivity index (χ1) is 26.3. The van der Waals surface area contributed by atoms with Gasteiger partial charge >= 0.3 is 0 Å². The summed E-state index contributed by atoms with van der Waals surface area (Å²) in [6.07, 6.45) is 12.6. The number of nitrogens with zero attached hydrogens (tertiary/aromatic N) is 3. The third kappa shape index (κ3) is 3.87. The van der Waals surface area contributed by atoms with Gasteiger partial charge < -0.3 is 5.32 Å². The van der Waals surface area contributed by atoms with Gasteiger partial charge in [-0.15, -0.1) is 0 Å². The third-order valence-electron chi connectivity index (χ3n) is 11.8. The van der Waals surface area contributed by atoms with E-state index < -0.39 is 5.41 Å². The molecule has 0 amide bonds. The van der Waals surface area contributed by atoms with Gasteiger partial charge in [-0.2, -0.15) is 0 Å². The zero-order chi connectivity index (χ0) is 34.7. The molecule has 12 rings (SSSR count). The van der Waals surface area contributed by atoms with E-state index >= 15 is 0 Å². The summed E-state index contributed by atoms with van der Waals surface area (Å²) < 4.78 is 0. The highest BCUT2D eigenvalue weighted by Gasteiger charge is 2.51. The number of hydrogen-bond acceptors (Lipinski definition) is 4. The summed E-state index contributed by atoms with van der Waals surface area (Å²) in [5, 5.41) is 6.07. The summed E-state index contributed by atoms with van der Waals surface area (Å²) >= 11 is 0. The van der Waals surface area contributed by atoms with Crippen molar-refractivity contribution in [2.45, 2.75) is 11.5 Å². The maximum Gasteiger partial charge on any atom is 0.0972 e. The molecule has 8 aromatic rings. The second kappa shape index (κ2) is 10.6. The summed E-state index contributed by atoms with van der Waals surface area (Å²) in [4.78, 5) is 14.8. The van der Waals surface area contributed by atoms with E-state index in [-0.39, 0.29) is 6.04 Å². The van der Waals surface area contributed by atoms with Crippen molar-refractivity contribution in [3.05, 3.63) is 209 Å². The highest BCUT2D eigenvalue weighted by Crippen LogP contribution is 2.63. The highest BCUT2D eigenvalue weighted by molar-refractivity contribution is 6.03. The molecule has 4 heteroatoms. The molecule has 0 radical (unpaired) electrons. The first-order valence-electron chi connectivity index (χ1n) is 18.2. The largest absolute Gasteiger partial charge is 0.372 e. The lowest BCUT2D eigenvalue weighted by atomic mass is 9.70. The SMILES string of the molecule is C1=Cc2cccnc2C2NC(c3ccc4c(c3)C3(c5ccccc5-4)c4ccccc4-c4ccc(-c5ccc6ccc7cccnc7c6n5)cc43)=CC=C12. The van der Waals surface area contributed by atoms with Crippen molar-refractivity contribution < 1.29 is 0 Å². The number of rotatable bonds is 2. The fraction of sp³-hybridized carbons (Fsp3) is 0.0408. The lowest BCUT2D eigenvalue weighted by Crippen LogP contribution is -2.28. The van der Waals surface area contributed by atoms with Crippen LogP contribution in [-0.4, -0.2) is 15.0 Å². The molecule has 1 aliphatic heterocycles. The lowest BCUT2D eigenvalue weighted by molar-refractivity contribution is 0.703. The number of fused-ring (bicyclic) bond motifs is 16. The molecule has 3 aliphatic carbocycles. The van der Waals surface area contributed by atoms with Crippen LogP contribution in [-0.2, 0) is 5.41 Å². The van der Waals surface area contributed by atoms with Gasteiger partial charge in [0.15, 0.2) is 0 Å². The number of nitrogens with one attached hydrogen (secondary N) is 1. The van der Waals surface area contributed by atoms with Gasteiger partial charge in [-0.05, 0) is 97.6 Å². The molecule has 53 heavy (non-hydrogen) atoms. The topological polar surface area (TPSA) is 50.7 Å². The highest BCUT2D eigenvalue weighted by atomic mass is 15.0. The standard InChI is InChI=1S/C49H30N4/c1-3-11-39-35(9-1)37-21-17-33(43-23-19-31-15-13-29-7-5-25-50-45(29)47(31)52-43)27-41(37)49(39)40-12-4-2-10-36(40)38-22-18-34(28-42(38)49)44-24-20-32-16-14-30-8-6-26-51-46(30)48(32)53-44/h1-28,47,52H. The van der Waals surface area contributed by atoms with E-state index in [2.05, 4.69) is 151 Å². The second-order valence-electron chi connectivity index (χ2n) is 14.4. The molecule has 2 unspecified atom stereocenters. The summed E-state index contributed by atoms with van der Waals surface area (Å²) in [5.41, 5.74) is 19.5. The number of aromatic nitrogens is 3. The van der Waals surface area contributed by atoms with Crippen molar-refractivity contribution in [3.8, 4) is 33.5 Å². The maximum absolute atomic E-state index is 5.28. The Balaban J connectivity index is 1.07. The van der Waals surface area contributed by atoms with Crippen molar-refractivity contribution in [3.63, 3.8) is 0 Å². The van der Waals surface area contributed by atoms with E-state index in [1.165, 1.54) is 50.1 Å². The summed E-state index contributed by atoms with van der Waals surface area (Å²) in [5.74, 6) is 0. The van der Waals surface area contributed by atoms with Crippen molar-refractivity contribution in [2.75, 3.05) is 0 Å². The number of allylic oxidation sites excluding steroid dienone is 2. The van der Waals surface area contributed by atoms with Crippen LogP contribution < -0.4 is 5.32 Å². The normalized spacial score (nSPS) is 18.4. The van der Waals surface area contributed by atoms with Crippen LogP contribution in [0.1, 0.15) is 45.1 Å². The Labute approximate surface area is 306 Å². The first-order valence-corrected chi connectivity index (χ1v) is 18.2. The Bertz CT molecular complexity index is 2990. The van der Waals surface area contributed by atoms with E-state index in [0.717, 1.165) is 55.6 Å².